The molecule has 0 spiro atoms. The van der Waals surface area contributed by atoms with Crippen molar-refractivity contribution in [3.05, 3.63) is 59.9 Å². The molecule has 2 heterocycles. The average Bonchev–Trinajstić information content (AvgIpc) is 3.41. The number of fused-ring (bicyclic) bond motifs is 1. The summed E-state index contributed by atoms with van der Waals surface area (Å²) in [6.45, 7) is 1.84. The molecule has 2 aromatic carbocycles. The van der Waals surface area contributed by atoms with E-state index < -0.39 is 0 Å². The molecule has 5 rings (SSSR count). The second-order valence-electron chi connectivity index (χ2n) is 8.17. The third kappa shape index (κ3) is 4.50. The van der Waals surface area contributed by atoms with Crippen LogP contribution in [0.1, 0.15) is 49.4 Å². The molecule has 1 saturated carbocycles. The standard InChI is InChI=1S/C24H25N5O2S/c1-16-26-27-24-29(16)28-23(32-24)19-7-11-20(12-8-19)25-22(30)15-31-21-13-9-18(10-14-21)17-5-3-2-4-6-17/h7-14,17H,2-6,15H2,1H3,(H,25,30). The first kappa shape index (κ1) is 20.6. The number of anilines is 1. The van der Waals surface area contributed by atoms with Crippen LogP contribution in [-0.2, 0) is 4.79 Å². The summed E-state index contributed by atoms with van der Waals surface area (Å²) in [6, 6.07) is 15.8. The van der Waals surface area contributed by atoms with Gasteiger partial charge in [-0.15, -0.1) is 10.2 Å². The van der Waals surface area contributed by atoms with Crippen LogP contribution in [0.15, 0.2) is 48.5 Å². The molecular formula is C24H25N5O2S. The van der Waals surface area contributed by atoms with Gasteiger partial charge in [0.2, 0.25) is 4.96 Å². The van der Waals surface area contributed by atoms with Crippen LogP contribution < -0.4 is 10.1 Å². The minimum Gasteiger partial charge on any atom is -0.484 e. The van der Waals surface area contributed by atoms with Crippen LogP contribution in [-0.4, -0.2) is 32.3 Å². The van der Waals surface area contributed by atoms with Crippen molar-refractivity contribution in [2.24, 2.45) is 0 Å². The third-order valence-corrected chi connectivity index (χ3v) is 6.84. The highest BCUT2D eigenvalue weighted by Crippen LogP contribution is 2.33. The minimum absolute atomic E-state index is 0.0273. The zero-order chi connectivity index (χ0) is 21.9. The van der Waals surface area contributed by atoms with Crippen molar-refractivity contribution in [2.45, 2.75) is 44.9 Å². The van der Waals surface area contributed by atoms with Gasteiger partial charge in [-0.25, -0.2) is 0 Å². The third-order valence-electron chi connectivity index (χ3n) is 5.89. The Kier molecular flexibility index (Phi) is 5.85. The Bertz CT molecular complexity index is 1210. The Hall–Kier alpha value is -3.26. The predicted octanol–water partition coefficient (Wildman–Crippen LogP) is 5.23. The Morgan fingerprint density at radius 1 is 1.06 bits per heavy atom. The molecule has 1 fully saturated rings. The van der Waals surface area contributed by atoms with Gasteiger partial charge in [-0.3, -0.25) is 4.79 Å². The lowest BCUT2D eigenvalue weighted by Crippen LogP contribution is -2.20. The second-order valence-corrected chi connectivity index (χ2v) is 9.12. The Labute approximate surface area is 190 Å². The summed E-state index contributed by atoms with van der Waals surface area (Å²) in [6.07, 6.45) is 6.54. The molecule has 0 bridgehead atoms. The monoisotopic (exact) mass is 447 g/mol. The molecule has 0 radical (unpaired) electrons. The number of hydrogen-bond donors (Lipinski definition) is 1. The summed E-state index contributed by atoms with van der Waals surface area (Å²) in [4.78, 5) is 13.1. The van der Waals surface area contributed by atoms with Crippen molar-refractivity contribution in [3.8, 4) is 16.3 Å². The van der Waals surface area contributed by atoms with Gasteiger partial charge in [0.1, 0.15) is 10.8 Å². The zero-order valence-corrected chi connectivity index (χ0v) is 18.8. The van der Waals surface area contributed by atoms with E-state index in [2.05, 4.69) is 32.7 Å². The first-order valence-electron chi connectivity index (χ1n) is 11.0. The molecule has 2 aromatic heterocycles. The number of amides is 1. The van der Waals surface area contributed by atoms with Gasteiger partial charge >= 0.3 is 0 Å². The van der Waals surface area contributed by atoms with Gasteiger partial charge in [-0.05, 0) is 67.6 Å². The maximum atomic E-state index is 12.3. The van der Waals surface area contributed by atoms with Crippen LogP contribution in [0.5, 0.6) is 5.75 Å². The molecule has 7 nitrogen and oxygen atoms in total. The fourth-order valence-corrected chi connectivity index (χ4v) is 5.04. The molecule has 164 valence electrons. The van der Waals surface area contributed by atoms with E-state index in [1.54, 1.807) is 4.52 Å². The van der Waals surface area contributed by atoms with Crippen LogP contribution in [0.2, 0.25) is 0 Å². The van der Waals surface area contributed by atoms with Gasteiger partial charge < -0.3 is 10.1 Å². The zero-order valence-electron chi connectivity index (χ0n) is 18.0. The molecule has 1 aliphatic carbocycles. The molecule has 32 heavy (non-hydrogen) atoms. The number of aryl methyl sites for hydroxylation is 1. The number of nitrogens with zero attached hydrogens (tertiary/aromatic N) is 4. The Morgan fingerprint density at radius 2 is 1.81 bits per heavy atom. The fraction of sp³-hybridized carbons (Fsp3) is 0.333. The number of hydrogen-bond acceptors (Lipinski definition) is 6. The maximum absolute atomic E-state index is 12.3. The van der Waals surface area contributed by atoms with E-state index >= 15 is 0 Å². The number of aromatic nitrogens is 4. The van der Waals surface area contributed by atoms with Crippen molar-refractivity contribution < 1.29 is 9.53 Å². The summed E-state index contributed by atoms with van der Waals surface area (Å²) in [5, 5.41) is 16.4. The topological polar surface area (TPSA) is 81.4 Å². The van der Waals surface area contributed by atoms with Gasteiger partial charge in [0.25, 0.3) is 5.91 Å². The first-order valence-corrected chi connectivity index (χ1v) is 11.8. The highest BCUT2D eigenvalue weighted by molar-refractivity contribution is 7.19. The number of rotatable bonds is 6. The molecule has 0 saturated heterocycles. The van der Waals surface area contributed by atoms with E-state index in [9.17, 15) is 4.79 Å². The van der Waals surface area contributed by atoms with Gasteiger partial charge in [0.15, 0.2) is 12.4 Å². The van der Waals surface area contributed by atoms with Crippen LogP contribution in [0.3, 0.4) is 0 Å². The molecule has 1 N–H and O–H groups in total. The minimum atomic E-state index is -0.191. The molecule has 4 aromatic rings. The second kappa shape index (κ2) is 9.08. The normalized spacial score (nSPS) is 14.5. The van der Waals surface area contributed by atoms with Crippen molar-refractivity contribution in [3.63, 3.8) is 0 Å². The van der Waals surface area contributed by atoms with E-state index in [0.717, 1.165) is 21.4 Å². The van der Waals surface area contributed by atoms with Crippen LogP contribution in [0.25, 0.3) is 15.5 Å². The van der Waals surface area contributed by atoms with E-state index in [-0.39, 0.29) is 12.5 Å². The summed E-state index contributed by atoms with van der Waals surface area (Å²) in [5.41, 5.74) is 3.06. The molecule has 0 unspecified atom stereocenters. The molecule has 0 aliphatic heterocycles. The highest BCUT2D eigenvalue weighted by Gasteiger charge is 2.15. The Morgan fingerprint density at radius 3 is 2.53 bits per heavy atom. The van der Waals surface area contributed by atoms with Crippen molar-refractivity contribution in [1.29, 1.82) is 0 Å². The summed E-state index contributed by atoms with van der Waals surface area (Å²) in [7, 11) is 0. The fourth-order valence-electron chi connectivity index (χ4n) is 4.15. The maximum Gasteiger partial charge on any atom is 0.262 e. The predicted molar refractivity (Wildman–Crippen MR) is 125 cm³/mol. The highest BCUT2D eigenvalue weighted by atomic mass is 32.1. The number of ether oxygens (including phenoxy) is 1. The van der Waals surface area contributed by atoms with Crippen LogP contribution in [0, 0.1) is 6.92 Å². The number of nitrogens with one attached hydrogen (secondary N) is 1. The average molecular weight is 448 g/mol. The molecule has 1 amide bonds. The van der Waals surface area contributed by atoms with E-state index in [1.807, 2.05) is 43.3 Å². The summed E-state index contributed by atoms with van der Waals surface area (Å²) < 4.78 is 7.41. The molecule has 0 atom stereocenters. The van der Waals surface area contributed by atoms with E-state index in [1.165, 1.54) is 49.0 Å². The van der Waals surface area contributed by atoms with Crippen molar-refractivity contribution in [1.82, 2.24) is 19.8 Å². The van der Waals surface area contributed by atoms with Gasteiger partial charge in [0, 0.05) is 11.3 Å². The summed E-state index contributed by atoms with van der Waals surface area (Å²) >= 11 is 1.48. The van der Waals surface area contributed by atoms with Crippen molar-refractivity contribution >= 4 is 27.9 Å². The molecule has 1 aliphatic rings. The van der Waals surface area contributed by atoms with Crippen LogP contribution >= 0.6 is 11.3 Å². The lowest BCUT2D eigenvalue weighted by Gasteiger charge is -2.22. The first-order chi connectivity index (χ1) is 15.7. The van der Waals surface area contributed by atoms with Crippen LogP contribution in [0.4, 0.5) is 5.69 Å². The van der Waals surface area contributed by atoms with Gasteiger partial charge in [0.05, 0.1) is 0 Å². The van der Waals surface area contributed by atoms with E-state index in [0.29, 0.717) is 17.4 Å². The molecular weight excluding hydrogens is 422 g/mol. The quantitative estimate of drug-likeness (QED) is 0.438. The number of benzene rings is 2. The summed E-state index contributed by atoms with van der Waals surface area (Å²) in [5.74, 6) is 1.95. The Balaban J connectivity index is 1.14. The molecule has 8 heteroatoms. The number of carbonyl (C=O) groups is 1. The lowest BCUT2D eigenvalue weighted by atomic mass is 9.84. The van der Waals surface area contributed by atoms with Gasteiger partial charge in [-0.1, -0.05) is 42.7 Å². The van der Waals surface area contributed by atoms with Gasteiger partial charge in [-0.2, -0.15) is 9.61 Å². The number of carbonyl (C=O) groups excluding carboxylic acids is 1. The largest absolute Gasteiger partial charge is 0.484 e. The van der Waals surface area contributed by atoms with E-state index in [4.69, 9.17) is 4.74 Å². The van der Waals surface area contributed by atoms with Crippen molar-refractivity contribution in [2.75, 3.05) is 11.9 Å². The lowest BCUT2D eigenvalue weighted by molar-refractivity contribution is -0.118. The SMILES string of the molecule is Cc1nnc2sc(-c3ccc(NC(=O)COc4ccc(C5CCCCC5)cc4)cc3)nn12. The smallest absolute Gasteiger partial charge is 0.262 e.